The van der Waals surface area contributed by atoms with Crippen LogP contribution >= 0.6 is 11.6 Å². The summed E-state index contributed by atoms with van der Waals surface area (Å²) in [4.78, 5) is 21.1. The van der Waals surface area contributed by atoms with E-state index in [0.29, 0.717) is 16.3 Å². The maximum atomic E-state index is 13.0. The minimum atomic E-state index is -0.257. The molecule has 38 heavy (non-hydrogen) atoms. The maximum Gasteiger partial charge on any atom is 0.244 e. The van der Waals surface area contributed by atoms with Crippen LogP contribution in [0.4, 0.5) is 5.69 Å². The van der Waals surface area contributed by atoms with Crippen molar-refractivity contribution < 1.29 is 4.79 Å². The molecule has 192 valence electrons. The number of carbonyl (C=O) groups excluding carboxylic acids is 1. The van der Waals surface area contributed by atoms with Crippen molar-refractivity contribution in [3.8, 4) is 16.9 Å². The first-order valence-electron chi connectivity index (χ1n) is 12.4. The smallest absolute Gasteiger partial charge is 0.244 e. The van der Waals surface area contributed by atoms with Gasteiger partial charge in [0, 0.05) is 39.8 Å². The molecule has 11 nitrogen and oxygen atoms in total. The molecule has 6 rings (SSSR count). The van der Waals surface area contributed by atoms with Crippen molar-refractivity contribution in [1.82, 2.24) is 45.7 Å². The molecular formula is C26H25ClN10O. The van der Waals surface area contributed by atoms with Gasteiger partial charge >= 0.3 is 0 Å². The summed E-state index contributed by atoms with van der Waals surface area (Å²) in [7, 11) is 0. The number of aromatic nitrogens is 8. The SMILES string of the molecule is O=C(/C=C/c1cc(Cl)ccc1-n1cnnn1)NC1CCCCCNc2cc3[nH]ncc3cc2-c2cnc1[nH]2. The van der Waals surface area contributed by atoms with E-state index in [0.717, 1.165) is 65.9 Å². The molecule has 2 bridgehead atoms. The Morgan fingerprint density at radius 2 is 2.11 bits per heavy atom. The second kappa shape index (κ2) is 10.5. The molecule has 5 aromatic rings. The Hall–Kier alpha value is -4.51. The lowest BCUT2D eigenvalue weighted by molar-refractivity contribution is -0.117. The van der Waals surface area contributed by atoms with Gasteiger partial charge in [0.15, 0.2) is 0 Å². The summed E-state index contributed by atoms with van der Waals surface area (Å²) in [5.41, 5.74) is 5.31. The number of rotatable bonds is 4. The molecule has 1 unspecified atom stereocenters. The molecule has 0 spiro atoms. The highest BCUT2D eigenvalue weighted by molar-refractivity contribution is 6.30. The Balaban J connectivity index is 1.26. The van der Waals surface area contributed by atoms with Gasteiger partial charge in [-0.3, -0.25) is 9.89 Å². The van der Waals surface area contributed by atoms with Gasteiger partial charge < -0.3 is 15.6 Å². The molecule has 2 aromatic carbocycles. The van der Waals surface area contributed by atoms with E-state index in [1.54, 1.807) is 24.3 Å². The third kappa shape index (κ3) is 5.00. The van der Waals surface area contributed by atoms with E-state index in [1.807, 2.05) is 12.4 Å². The Morgan fingerprint density at radius 3 is 3.00 bits per heavy atom. The predicted molar refractivity (Wildman–Crippen MR) is 145 cm³/mol. The Kier molecular flexibility index (Phi) is 6.57. The van der Waals surface area contributed by atoms with Crippen LogP contribution < -0.4 is 10.6 Å². The maximum absolute atomic E-state index is 13.0. The standard InChI is InChI=1S/C26H25ClN10O/c27-18-6-7-24(37-15-31-35-36-37)16(10-18)5-8-25(38)32-20-4-2-1-3-9-28-22-12-21-17(13-30-34-21)11-19(22)23-14-29-26(20)33-23/h5-8,10-15,20,28H,1-4,9H2,(H,29,33)(H,30,34)(H,32,38)/b8-5+. The number of amides is 1. The molecular weight excluding hydrogens is 504 g/mol. The molecule has 3 aromatic heterocycles. The van der Waals surface area contributed by atoms with Gasteiger partial charge in [0.05, 0.1) is 35.3 Å². The lowest BCUT2D eigenvalue weighted by Crippen LogP contribution is -2.27. The highest BCUT2D eigenvalue weighted by atomic mass is 35.5. The summed E-state index contributed by atoms with van der Waals surface area (Å²) in [6.45, 7) is 0.858. The Labute approximate surface area is 222 Å². The molecule has 12 heteroatoms. The van der Waals surface area contributed by atoms with Crippen LogP contribution in [0.2, 0.25) is 5.02 Å². The van der Waals surface area contributed by atoms with Crippen LogP contribution in [-0.2, 0) is 4.79 Å². The topological polar surface area (TPSA) is 142 Å². The zero-order chi connectivity index (χ0) is 25.9. The van der Waals surface area contributed by atoms with Crippen molar-refractivity contribution >= 4 is 40.2 Å². The van der Waals surface area contributed by atoms with Crippen LogP contribution in [0.15, 0.2) is 55.1 Å². The zero-order valence-corrected chi connectivity index (χ0v) is 21.1. The van der Waals surface area contributed by atoms with E-state index in [9.17, 15) is 4.79 Å². The molecule has 1 aliphatic heterocycles. The van der Waals surface area contributed by atoms with E-state index in [2.05, 4.69) is 58.5 Å². The number of fused-ring (bicyclic) bond motifs is 5. The van der Waals surface area contributed by atoms with Crippen molar-refractivity contribution in [2.24, 2.45) is 0 Å². The fourth-order valence-corrected chi connectivity index (χ4v) is 4.87. The second-order valence-electron chi connectivity index (χ2n) is 9.17. The molecule has 1 aliphatic rings. The predicted octanol–water partition coefficient (Wildman–Crippen LogP) is 4.44. The van der Waals surface area contributed by atoms with Gasteiger partial charge in [-0.05, 0) is 59.7 Å². The van der Waals surface area contributed by atoms with Crippen LogP contribution in [0.3, 0.4) is 0 Å². The number of hydrogen-bond donors (Lipinski definition) is 4. The number of H-pyrrole nitrogens is 2. The first-order valence-corrected chi connectivity index (χ1v) is 12.8. The van der Waals surface area contributed by atoms with E-state index < -0.39 is 0 Å². The van der Waals surface area contributed by atoms with E-state index in [1.165, 1.54) is 17.1 Å². The van der Waals surface area contributed by atoms with Crippen molar-refractivity contribution in [2.45, 2.75) is 31.7 Å². The number of tetrazole rings is 1. The van der Waals surface area contributed by atoms with Crippen molar-refractivity contribution in [3.63, 3.8) is 0 Å². The third-order valence-corrected chi connectivity index (χ3v) is 6.83. The number of halogens is 1. The highest BCUT2D eigenvalue weighted by Gasteiger charge is 2.19. The van der Waals surface area contributed by atoms with Crippen molar-refractivity contribution in [3.05, 3.63) is 71.5 Å². The van der Waals surface area contributed by atoms with Gasteiger partial charge in [0.1, 0.15) is 12.2 Å². The van der Waals surface area contributed by atoms with Gasteiger partial charge in [-0.25, -0.2) is 4.98 Å². The minimum absolute atomic E-state index is 0.232. The number of hydrogen-bond acceptors (Lipinski definition) is 7. The molecule has 0 saturated heterocycles. The molecule has 0 fully saturated rings. The molecule has 4 N–H and O–H groups in total. The zero-order valence-electron chi connectivity index (χ0n) is 20.4. The normalized spacial score (nSPS) is 16.0. The van der Waals surface area contributed by atoms with Crippen LogP contribution in [0.1, 0.15) is 43.1 Å². The third-order valence-electron chi connectivity index (χ3n) is 6.60. The van der Waals surface area contributed by atoms with Crippen LogP contribution in [0, 0.1) is 0 Å². The van der Waals surface area contributed by atoms with Crippen LogP contribution in [-0.4, -0.2) is 52.8 Å². The lowest BCUT2D eigenvalue weighted by atomic mass is 10.1. The summed E-state index contributed by atoms with van der Waals surface area (Å²) in [6.07, 6.45) is 12.1. The van der Waals surface area contributed by atoms with Crippen LogP contribution in [0.5, 0.6) is 0 Å². The van der Waals surface area contributed by atoms with Crippen molar-refractivity contribution in [1.29, 1.82) is 0 Å². The van der Waals surface area contributed by atoms with Gasteiger partial charge in [-0.2, -0.15) is 9.78 Å². The Bertz CT molecular complexity index is 1600. The second-order valence-corrected chi connectivity index (χ2v) is 9.60. The fourth-order valence-electron chi connectivity index (χ4n) is 4.69. The van der Waals surface area contributed by atoms with E-state index >= 15 is 0 Å². The number of nitrogens with one attached hydrogen (secondary N) is 4. The van der Waals surface area contributed by atoms with Crippen molar-refractivity contribution in [2.75, 3.05) is 11.9 Å². The van der Waals surface area contributed by atoms with Gasteiger partial charge in [-0.1, -0.05) is 24.4 Å². The largest absolute Gasteiger partial charge is 0.384 e. The summed E-state index contributed by atoms with van der Waals surface area (Å²) < 4.78 is 1.52. The first kappa shape index (κ1) is 23.9. The number of carbonyl (C=O) groups is 1. The quantitative estimate of drug-likeness (QED) is 0.252. The number of aromatic amines is 2. The summed E-state index contributed by atoms with van der Waals surface area (Å²) >= 11 is 6.21. The highest BCUT2D eigenvalue weighted by Crippen LogP contribution is 2.32. The van der Waals surface area contributed by atoms with E-state index in [-0.39, 0.29) is 11.9 Å². The summed E-state index contributed by atoms with van der Waals surface area (Å²) in [6, 6.07) is 9.23. The van der Waals surface area contributed by atoms with E-state index in [4.69, 9.17) is 11.6 Å². The fraction of sp³-hybridized carbons (Fsp3) is 0.231. The molecule has 0 radical (unpaired) electrons. The molecule has 0 saturated carbocycles. The number of anilines is 1. The Morgan fingerprint density at radius 1 is 1.16 bits per heavy atom. The lowest BCUT2D eigenvalue weighted by Gasteiger charge is -2.17. The minimum Gasteiger partial charge on any atom is -0.384 e. The van der Waals surface area contributed by atoms with Gasteiger partial charge in [0.2, 0.25) is 5.91 Å². The number of benzene rings is 2. The monoisotopic (exact) mass is 528 g/mol. The van der Waals surface area contributed by atoms with Gasteiger partial charge in [-0.15, -0.1) is 5.10 Å². The molecule has 1 atom stereocenters. The summed E-state index contributed by atoms with van der Waals surface area (Å²) in [5.74, 6) is 0.488. The average Bonchev–Trinajstić information content (AvgIpc) is 3.69. The van der Waals surface area contributed by atoms with Gasteiger partial charge in [0.25, 0.3) is 0 Å². The number of imidazole rings is 1. The number of nitrogens with zero attached hydrogens (tertiary/aromatic N) is 6. The summed E-state index contributed by atoms with van der Waals surface area (Å²) in [5, 5.41) is 26.8. The van der Waals surface area contributed by atoms with Crippen LogP contribution in [0.25, 0.3) is 33.9 Å². The first-order chi connectivity index (χ1) is 18.6. The average molecular weight is 529 g/mol. The molecule has 4 heterocycles. The molecule has 1 amide bonds. The molecule has 0 aliphatic carbocycles.